The number of aromatic nitrogens is 2. The van der Waals surface area contributed by atoms with Crippen molar-refractivity contribution in [3.8, 4) is 0 Å². The summed E-state index contributed by atoms with van der Waals surface area (Å²) in [5.74, 6) is 1.89. The number of hydrogen-bond acceptors (Lipinski definition) is 3. The first kappa shape index (κ1) is 11.2. The summed E-state index contributed by atoms with van der Waals surface area (Å²) in [6, 6.07) is 0.320. The predicted molar refractivity (Wildman–Crippen MR) is 68.0 cm³/mol. The number of aryl methyl sites for hydroxylation is 1. The zero-order valence-electron chi connectivity index (χ0n) is 10.6. The molecule has 4 nitrogen and oxygen atoms in total. The van der Waals surface area contributed by atoms with Crippen LogP contribution in [0.3, 0.4) is 0 Å². The van der Waals surface area contributed by atoms with Gasteiger partial charge in [-0.05, 0) is 25.9 Å². The van der Waals surface area contributed by atoms with E-state index in [1.807, 2.05) is 0 Å². The number of imidazole rings is 1. The van der Waals surface area contributed by atoms with Crippen molar-refractivity contribution in [1.82, 2.24) is 14.5 Å². The van der Waals surface area contributed by atoms with Gasteiger partial charge in [-0.3, -0.25) is 0 Å². The highest BCUT2D eigenvalue weighted by Crippen LogP contribution is 2.27. The van der Waals surface area contributed by atoms with Gasteiger partial charge in [-0.1, -0.05) is 6.92 Å². The van der Waals surface area contributed by atoms with E-state index in [0.717, 1.165) is 25.9 Å². The topological polar surface area (TPSA) is 47.1 Å². The van der Waals surface area contributed by atoms with Gasteiger partial charge in [0.05, 0.1) is 5.69 Å². The standard InChI is InChI=1S/C13H22N4/c1-2-16-6-5-10(7-16)12-9-17-8-11(14)3-4-13(17)15-12/h9-11H,2-8,14H2,1H3. The summed E-state index contributed by atoms with van der Waals surface area (Å²) in [6.07, 6.45) is 5.64. The van der Waals surface area contributed by atoms with Gasteiger partial charge >= 0.3 is 0 Å². The molecule has 3 heterocycles. The Morgan fingerprint density at radius 2 is 2.29 bits per heavy atom. The highest BCUT2D eigenvalue weighted by Gasteiger charge is 2.26. The third-order valence-electron chi connectivity index (χ3n) is 4.19. The molecule has 3 rings (SSSR count). The van der Waals surface area contributed by atoms with Gasteiger partial charge in [0.1, 0.15) is 5.82 Å². The van der Waals surface area contributed by atoms with Crippen molar-refractivity contribution >= 4 is 0 Å². The van der Waals surface area contributed by atoms with Crippen LogP contribution in [0.2, 0.25) is 0 Å². The lowest BCUT2D eigenvalue weighted by Crippen LogP contribution is -2.31. The molecule has 0 amide bonds. The average molecular weight is 234 g/mol. The molecule has 2 aliphatic rings. The molecule has 17 heavy (non-hydrogen) atoms. The maximum atomic E-state index is 6.00. The van der Waals surface area contributed by atoms with Crippen LogP contribution in [0.5, 0.6) is 0 Å². The fraction of sp³-hybridized carbons (Fsp3) is 0.769. The molecule has 0 radical (unpaired) electrons. The molecule has 4 heteroatoms. The molecule has 2 atom stereocenters. The monoisotopic (exact) mass is 234 g/mol. The summed E-state index contributed by atoms with van der Waals surface area (Å²) in [4.78, 5) is 7.33. The summed E-state index contributed by atoms with van der Waals surface area (Å²) >= 11 is 0. The number of fused-ring (bicyclic) bond motifs is 1. The van der Waals surface area contributed by atoms with Crippen molar-refractivity contribution in [3.05, 3.63) is 17.7 Å². The van der Waals surface area contributed by atoms with Crippen LogP contribution >= 0.6 is 0 Å². The molecule has 1 saturated heterocycles. The van der Waals surface area contributed by atoms with Gasteiger partial charge in [0, 0.05) is 37.7 Å². The molecular formula is C13H22N4. The first-order valence-electron chi connectivity index (χ1n) is 6.80. The molecule has 0 aromatic carbocycles. The van der Waals surface area contributed by atoms with Crippen molar-refractivity contribution in [1.29, 1.82) is 0 Å². The van der Waals surface area contributed by atoms with Crippen molar-refractivity contribution in [3.63, 3.8) is 0 Å². The average Bonchev–Trinajstić information content (AvgIpc) is 2.93. The molecule has 2 unspecified atom stereocenters. The quantitative estimate of drug-likeness (QED) is 0.829. The third kappa shape index (κ3) is 2.11. The van der Waals surface area contributed by atoms with Crippen LogP contribution in [0.1, 0.15) is 37.2 Å². The van der Waals surface area contributed by atoms with Crippen LogP contribution in [-0.2, 0) is 13.0 Å². The Hall–Kier alpha value is -0.870. The molecule has 1 aromatic heterocycles. The van der Waals surface area contributed by atoms with Gasteiger partial charge in [0.2, 0.25) is 0 Å². The molecule has 0 aliphatic carbocycles. The molecule has 0 bridgehead atoms. The van der Waals surface area contributed by atoms with Gasteiger partial charge in [-0.25, -0.2) is 4.98 Å². The maximum absolute atomic E-state index is 6.00. The molecule has 0 spiro atoms. The fourth-order valence-electron chi connectivity index (χ4n) is 3.05. The van der Waals surface area contributed by atoms with Crippen molar-refractivity contribution < 1.29 is 0 Å². The SMILES string of the molecule is CCN1CCC(c2cn3c(n2)CCC(N)C3)C1. The van der Waals surface area contributed by atoms with Crippen LogP contribution in [-0.4, -0.2) is 40.1 Å². The highest BCUT2D eigenvalue weighted by atomic mass is 15.2. The predicted octanol–water partition coefficient (Wildman–Crippen LogP) is 0.966. The molecule has 2 aliphatic heterocycles. The minimum atomic E-state index is 0.320. The minimum Gasteiger partial charge on any atom is -0.333 e. The van der Waals surface area contributed by atoms with Crippen LogP contribution < -0.4 is 5.73 Å². The second-order valence-corrected chi connectivity index (χ2v) is 5.41. The van der Waals surface area contributed by atoms with Crippen molar-refractivity contribution in [2.45, 2.75) is 44.7 Å². The van der Waals surface area contributed by atoms with E-state index in [4.69, 9.17) is 10.7 Å². The van der Waals surface area contributed by atoms with Gasteiger partial charge in [0.25, 0.3) is 0 Å². The van der Waals surface area contributed by atoms with Crippen LogP contribution in [0.15, 0.2) is 6.20 Å². The Bertz CT molecular complexity index is 398. The number of likely N-dealkylation sites (N-methyl/N-ethyl adjacent to an activating group) is 1. The van der Waals surface area contributed by atoms with E-state index in [1.165, 1.54) is 31.0 Å². The molecule has 1 aromatic rings. The van der Waals surface area contributed by atoms with Gasteiger partial charge in [-0.15, -0.1) is 0 Å². The lowest BCUT2D eigenvalue weighted by Gasteiger charge is -2.19. The lowest BCUT2D eigenvalue weighted by atomic mass is 10.1. The number of nitrogens with two attached hydrogens (primary N) is 1. The Labute approximate surface area is 103 Å². The van der Waals surface area contributed by atoms with Gasteiger partial charge in [0.15, 0.2) is 0 Å². The number of rotatable bonds is 2. The van der Waals surface area contributed by atoms with Crippen molar-refractivity contribution in [2.75, 3.05) is 19.6 Å². The van der Waals surface area contributed by atoms with E-state index in [9.17, 15) is 0 Å². The Balaban J connectivity index is 1.76. The molecule has 1 fully saturated rings. The normalized spacial score (nSPS) is 29.5. The summed E-state index contributed by atoms with van der Waals surface area (Å²) in [7, 11) is 0. The molecule has 2 N–H and O–H groups in total. The lowest BCUT2D eigenvalue weighted by molar-refractivity contribution is 0.353. The molecule has 0 saturated carbocycles. The fourth-order valence-corrected chi connectivity index (χ4v) is 3.05. The van der Waals surface area contributed by atoms with Crippen LogP contribution in [0, 0.1) is 0 Å². The van der Waals surface area contributed by atoms with E-state index in [-0.39, 0.29) is 0 Å². The van der Waals surface area contributed by atoms with E-state index in [1.54, 1.807) is 0 Å². The molecular weight excluding hydrogens is 212 g/mol. The zero-order valence-corrected chi connectivity index (χ0v) is 10.6. The van der Waals surface area contributed by atoms with E-state index in [2.05, 4.69) is 22.6 Å². The molecule has 94 valence electrons. The van der Waals surface area contributed by atoms with E-state index < -0.39 is 0 Å². The Kier molecular flexibility index (Phi) is 2.92. The summed E-state index contributed by atoms with van der Waals surface area (Å²) in [6.45, 7) is 6.75. The second-order valence-electron chi connectivity index (χ2n) is 5.41. The summed E-state index contributed by atoms with van der Waals surface area (Å²) < 4.78 is 2.28. The number of hydrogen-bond donors (Lipinski definition) is 1. The smallest absolute Gasteiger partial charge is 0.109 e. The first-order valence-corrected chi connectivity index (χ1v) is 6.80. The third-order valence-corrected chi connectivity index (χ3v) is 4.19. The zero-order chi connectivity index (χ0) is 11.8. The van der Waals surface area contributed by atoms with E-state index in [0.29, 0.717) is 12.0 Å². The number of likely N-dealkylation sites (tertiary alicyclic amines) is 1. The van der Waals surface area contributed by atoms with Crippen LogP contribution in [0.25, 0.3) is 0 Å². The van der Waals surface area contributed by atoms with Gasteiger partial charge < -0.3 is 15.2 Å². The van der Waals surface area contributed by atoms with Crippen molar-refractivity contribution in [2.24, 2.45) is 5.73 Å². The minimum absolute atomic E-state index is 0.320. The van der Waals surface area contributed by atoms with Gasteiger partial charge in [-0.2, -0.15) is 0 Å². The first-order chi connectivity index (χ1) is 8.26. The maximum Gasteiger partial charge on any atom is 0.109 e. The summed E-state index contributed by atoms with van der Waals surface area (Å²) in [5, 5.41) is 0. The Morgan fingerprint density at radius 1 is 1.41 bits per heavy atom. The second kappa shape index (κ2) is 4.42. The number of nitrogens with zero attached hydrogens (tertiary/aromatic N) is 3. The highest BCUT2D eigenvalue weighted by molar-refractivity contribution is 5.14. The van der Waals surface area contributed by atoms with Crippen LogP contribution in [0.4, 0.5) is 0 Å². The van der Waals surface area contributed by atoms with E-state index >= 15 is 0 Å². The largest absolute Gasteiger partial charge is 0.333 e. The summed E-state index contributed by atoms with van der Waals surface area (Å²) in [5.41, 5.74) is 7.30. The Morgan fingerprint density at radius 3 is 3.06 bits per heavy atom.